The molecule has 2 aliphatic heterocycles. The van der Waals surface area contributed by atoms with Gasteiger partial charge in [0.25, 0.3) is 11.8 Å². The topological polar surface area (TPSA) is 76.5 Å². The zero-order valence-electron chi connectivity index (χ0n) is 18.9. The minimum Gasteiger partial charge on any atom is -0.373 e. The molecule has 0 spiro atoms. The van der Waals surface area contributed by atoms with Gasteiger partial charge in [0.2, 0.25) is 0 Å². The molecule has 1 N–H and O–H groups in total. The molecular formula is C23H26BrF3N4O3. The van der Waals surface area contributed by atoms with E-state index in [2.05, 4.69) is 26.2 Å². The maximum absolute atomic E-state index is 13.4. The first kappa shape index (κ1) is 24.7. The number of halogens is 4. The van der Waals surface area contributed by atoms with Crippen LogP contribution in [0.1, 0.15) is 76.9 Å². The summed E-state index contributed by atoms with van der Waals surface area (Å²) in [6, 6.07) is 1.80. The molecule has 0 radical (unpaired) electrons. The number of ether oxygens (including phenoxy) is 1. The van der Waals surface area contributed by atoms with Crippen LogP contribution in [0.15, 0.2) is 22.8 Å². The van der Waals surface area contributed by atoms with Gasteiger partial charge in [0.1, 0.15) is 11.4 Å². The van der Waals surface area contributed by atoms with E-state index in [0.717, 1.165) is 25.1 Å². The summed E-state index contributed by atoms with van der Waals surface area (Å²) in [5.41, 5.74) is 0.825. The number of alkyl halides is 3. The highest BCUT2D eigenvalue weighted by molar-refractivity contribution is 9.10. The van der Waals surface area contributed by atoms with Crippen molar-refractivity contribution in [1.29, 1.82) is 0 Å². The number of rotatable bonds is 5. The van der Waals surface area contributed by atoms with Gasteiger partial charge in [-0.3, -0.25) is 14.6 Å². The number of amides is 2. The summed E-state index contributed by atoms with van der Waals surface area (Å²) < 4.78 is 46.4. The Bertz CT molecular complexity index is 1080. The summed E-state index contributed by atoms with van der Waals surface area (Å²) >= 11 is 3.51. The van der Waals surface area contributed by atoms with E-state index in [0.29, 0.717) is 53.1 Å². The Labute approximate surface area is 203 Å². The number of likely N-dealkylation sites (tertiary alicyclic amines) is 1. The van der Waals surface area contributed by atoms with Gasteiger partial charge in [-0.15, -0.1) is 0 Å². The summed E-state index contributed by atoms with van der Waals surface area (Å²) in [6.07, 6.45) is -1.08. The van der Waals surface area contributed by atoms with Crippen LogP contribution in [0.3, 0.4) is 0 Å². The van der Waals surface area contributed by atoms with Crippen molar-refractivity contribution in [2.24, 2.45) is 0 Å². The quantitative estimate of drug-likeness (QED) is 0.594. The molecule has 4 rings (SSSR count). The molecule has 1 fully saturated rings. The van der Waals surface area contributed by atoms with Gasteiger partial charge in [0.15, 0.2) is 0 Å². The summed E-state index contributed by atoms with van der Waals surface area (Å²) in [6.45, 7) is 5.57. The maximum Gasteiger partial charge on any atom is 0.433 e. The number of carbonyl (C=O) groups excluding carboxylic acids is 2. The average Bonchev–Trinajstić information content (AvgIpc) is 3.36. The molecule has 2 atom stereocenters. The number of hydrogen-bond donors (Lipinski definition) is 1. The van der Waals surface area contributed by atoms with Gasteiger partial charge in [-0.2, -0.15) is 13.2 Å². The van der Waals surface area contributed by atoms with Crippen molar-refractivity contribution >= 4 is 27.7 Å². The van der Waals surface area contributed by atoms with Crippen molar-refractivity contribution in [1.82, 2.24) is 19.8 Å². The molecule has 34 heavy (non-hydrogen) atoms. The van der Waals surface area contributed by atoms with Crippen LogP contribution in [0.5, 0.6) is 0 Å². The molecule has 4 heterocycles. The smallest absolute Gasteiger partial charge is 0.373 e. The molecule has 2 aliphatic rings. The van der Waals surface area contributed by atoms with Crippen LogP contribution in [0.4, 0.5) is 13.2 Å². The van der Waals surface area contributed by atoms with Crippen molar-refractivity contribution in [3.63, 3.8) is 0 Å². The summed E-state index contributed by atoms with van der Waals surface area (Å²) in [7, 11) is 0. The number of fused-ring (bicyclic) bond motifs is 1. The normalized spacial score (nSPS) is 19.1. The van der Waals surface area contributed by atoms with Gasteiger partial charge in [-0.05, 0) is 53.7 Å². The van der Waals surface area contributed by atoms with E-state index in [1.807, 2.05) is 23.3 Å². The molecule has 1 saturated heterocycles. The molecule has 0 aromatic carbocycles. The van der Waals surface area contributed by atoms with E-state index in [1.165, 1.54) is 6.07 Å². The molecule has 0 unspecified atom stereocenters. The standard InChI is InChI=1S/C23H26BrF3N4O3/c1-3-15(14-6-7-17(28-11-14)23(25,26)27)29-21(32)18-16-12-34-10-9-31(16)20(19(18)24)22(33)30-8-4-5-13(30)2/h6-7,11,13,15H,3-5,8-10,12H2,1-2H3,(H,29,32)/t13-,15+/m0/s1. The Morgan fingerprint density at radius 1 is 1.32 bits per heavy atom. The van der Waals surface area contributed by atoms with Crippen molar-refractivity contribution in [2.45, 2.75) is 64.5 Å². The number of carbonyl (C=O) groups is 2. The van der Waals surface area contributed by atoms with E-state index in [-0.39, 0.29) is 18.6 Å². The summed E-state index contributed by atoms with van der Waals surface area (Å²) in [5, 5.41) is 2.90. The van der Waals surface area contributed by atoms with E-state index in [1.54, 1.807) is 0 Å². The predicted molar refractivity (Wildman–Crippen MR) is 121 cm³/mol. The number of pyridine rings is 1. The fourth-order valence-corrected chi connectivity index (χ4v) is 5.39. The molecule has 0 bridgehead atoms. The zero-order valence-corrected chi connectivity index (χ0v) is 20.5. The first-order valence-electron chi connectivity index (χ1n) is 11.3. The van der Waals surface area contributed by atoms with Crippen molar-refractivity contribution in [3.05, 3.63) is 51.0 Å². The van der Waals surface area contributed by atoms with Gasteiger partial charge in [-0.1, -0.05) is 13.0 Å². The van der Waals surface area contributed by atoms with Crippen LogP contribution in [0.2, 0.25) is 0 Å². The SMILES string of the molecule is CC[C@@H](NC(=O)c1c(Br)c(C(=O)N2CCC[C@@H]2C)n2c1COCC2)c1ccc(C(F)(F)F)nc1. The fourth-order valence-electron chi connectivity index (χ4n) is 4.60. The number of hydrogen-bond acceptors (Lipinski definition) is 4. The van der Waals surface area contributed by atoms with Crippen LogP contribution in [-0.2, 0) is 24.1 Å². The van der Waals surface area contributed by atoms with E-state index < -0.39 is 23.8 Å². The highest BCUT2D eigenvalue weighted by Gasteiger charge is 2.36. The molecule has 2 amide bonds. The Morgan fingerprint density at radius 3 is 2.68 bits per heavy atom. The number of nitrogens with zero attached hydrogens (tertiary/aromatic N) is 3. The molecule has 0 saturated carbocycles. The molecule has 11 heteroatoms. The minimum atomic E-state index is -4.53. The average molecular weight is 543 g/mol. The van der Waals surface area contributed by atoms with Crippen LogP contribution >= 0.6 is 15.9 Å². The Balaban J connectivity index is 1.64. The molecule has 7 nitrogen and oxygen atoms in total. The van der Waals surface area contributed by atoms with Gasteiger partial charge < -0.3 is 19.5 Å². The number of nitrogens with one attached hydrogen (secondary N) is 1. The van der Waals surface area contributed by atoms with E-state index in [4.69, 9.17) is 4.74 Å². The van der Waals surface area contributed by atoms with Crippen LogP contribution in [0.25, 0.3) is 0 Å². The molecule has 2 aromatic heterocycles. The Hall–Kier alpha value is -2.40. The third-order valence-electron chi connectivity index (χ3n) is 6.45. The second-order valence-electron chi connectivity index (χ2n) is 8.59. The van der Waals surface area contributed by atoms with Gasteiger partial charge in [0, 0.05) is 25.3 Å². The lowest BCUT2D eigenvalue weighted by Crippen LogP contribution is -2.36. The zero-order chi connectivity index (χ0) is 24.6. The second kappa shape index (κ2) is 9.69. The van der Waals surface area contributed by atoms with E-state index in [9.17, 15) is 22.8 Å². The second-order valence-corrected chi connectivity index (χ2v) is 9.38. The Kier molecular flexibility index (Phi) is 7.04. The van der Waals surface area contributed by atoms with Crippen LogP contribution < -0.4 is 5.32 Å². The summed E-state index contributed by atoms with van der Waals surface area (Å²) in [4.78, 5) is 32.1. The first-order chi connectivity index (χ1) is 16.1. The lowest BCUT2D eigenvalue weighted by molar-refractivity contribution is -0.141. The third kappa shape index (κ3) is 4.59. The molecule has 184 valence electrons. The van der Waals surface area contributed by atoms with Crippen molar-refractivity contribution in [2.75, 3.05) is 13.2 Å². The molecular weight excluding hydrogens is 517 g/mol. The Morgan fingerprint density at radius 2 is 2.09 bits per heavy atom. The summed E-state index contributed by atoms with van der Waals surface area (Å²) in [5.74, 6) is -0.556. The van der Waals surface area contributed by atoms with Crippen LogP contribution in [-0.4, -0.2) is 45.5 Å². The number of aromatic nitrogens is 2. The lowest BCUT2D eigenvalue weighted by atomic mass is 10.1. The highest BCUT2D eigenvalue weighted by Crippen LogP contribution is 2.34. The lowest BCUT2D eigenvalue weighted by Gasteiger charge is -2.24. The van der Waals surface area contributed by atoms with Gasteiger partial charge >= 0.3 is 6.18 Å². The maximum atomic E-state index is 13.4. The first-order valence-corrected chi connectivity index (χ1v) is 12.1. The predicted octanol–water partition coefficient (Wildman–Crippen LogP) is 4.70. The molecule has 0 aliphatic carbocycles. The van der Waals surface area contributed by atoms with Crippen molar-refractivity contribution < 1.29 is 27.5 Å². The molecule has 2 aromatic rings. The largest absolute Gasteiger partial charge is 0.433 e. The van der Waals surface area contributed by atoms with E-state index >= 15 is 0 Å². The minimum absolute atomic E-state index is 0.124. The third-order valence-corrected chi connectivity index (χ3v) is 7.22. The van der Waals surface area contributed by atoms with Gasteiger partial charge in [-0.25, -0.2) is 0 Å². The van der Waals surface area contributed by atoms with Crippen LogP contribution in [0, 0.1) is 0 Å². The van der Waals surface area contributed by atoms with Gasteiger partial charge in [0.05, 0.1) is 35.0 Å². The fraction of sp³-hybridized carbons (Fsp3) is 0.522. The monoisotopic (exact) mass is 542 g/mol. The highest BCUT2D eigenvalue weighted by atomic mass is 79.9. The van der Waals surface area contributed by atoms with Crippen molar-refractivity contribution in [3.8, 4) is 0 Å².